The minimum atomic E-state index is 0.660. The van der Waals surface area contributed by atoms with Gasteiger partial charge < -0.3 is 4.74 Å². The van der Waals surface area contributed by atoms with Crippen molar-refractivity contribution in [1.29, 1.82) is 5.26 Å². The summed E-state index contributed by atoms with van der Waals surface area (Å²) in [5, 5.41) is 8.98. The fraction of sp³-hybridized carbons (Fsp3) is 0.294. The predicted molar refractivity (Wildman–Crippen MR) is 78.9 cm³/mol. The van der Waals surface area contributed by atoms with Gasteiger partial charge in [-0.1, -0.05) is 13.3 Å². The highest BCUT2D eigenvalue weighted by Crippen LogP contribution is 2.31. The quantitative estimate of drug-likeness (QED) is 0.828. The van der Waals surface area contributed by atoms with Crippen molar-refractivity contribution in [3.8, 4) is 17.6 Å². The molecule has 0 N–H and O–H groups in total. The lowest BCUT2D eigenvalue weighted by Crippen LogP contribution is -1.98. The number of hydrogen-bond donors (Lipinski definition) is 0. The molecule has 1 aromatic carbocycles. The van der Waals surface area contributed by atoms with Crippen molar-refractivity contribution in [2.24, 2.45) is 0 Å². The first-order valence-electron chi connectivity index (χ1n) is 6.78. The van der Waals surface area contributed by atoms with Crippen LogP contribution in [0.15, 0.2) is 30.5 Å². The highest BCUT2D eigenvalue weighted by atomic mass is 16.5. The second kappa shape index (κ2) is 6.21. The van der Waals surface area contributed by atoms with Crippen LogP contribution < -0.4 is 4.74 Å². The topological polar surface area (TPSA) is 45.9 Å². The van der Waals surface area contributed by atoms with Crippen LogP contribution in [0.3, 0.4) is 0 Å². The maximum atomic E-state index is 8.98. The first-order chi connectivity index (χ1) is 9.65. The molecule has 3 heteroatoms. The molecule has 0 aliphatic rings. The molecule has 0 radical (unpaired) electrons. The molecule has 3 nitrogen and oxygen atoms in total. The molecule has 0 unspecified atom stereocenters. The van der Waals surface area contributed by atoms with Crippen molar-refractivity contribution in [3.05, 3.63) is 52.8 Å². The normalized spacial score (nSPS) is 10.1. The molecule has 0 atom stereocenters. The minimum absolute atomic E-state index is 0.660. The van der Waals surface area contributed by atoms with Crippen LogP contribution in [0.25, 0.3) is 0 Å². The number of ether oxygens (including phenoxy) is 1. The Balaban J connectivity index is 2.38. The van der Waals surface area contributed by atoms with Crippen molar-refractivity contribution in [2.75, 3.05) is 0 Å². The van der Waals surface area contributed by atoms with E-state index in [4.69, 9.17) is 10.00 Å². The number of hydrogen-bond acceptors (Lipinski definition) is 3. The summed E-state index contributed by atoms with van der Waals surface area (Å²) in [6.07, 6.45) is 3.71. The third-order valence-electron chi connectivity index (χ3n) is 3.14. The number of nitrogens with zero attached hydrogens (tertiary/aromatic N) is 2. The van der Waals surface area contributed by atoms with Gasteiger partial charge in [-0.15, -0.1) is 0 Å². The van der Waals surface area contributed by atoms with Gasteiger partial charge in [-0.2, -0.15) is 5.26 Å². The van der Waals surface area contributed by atoms with Crippen LogP contribution in [0.4, 0.5) is 0 Å². The summed E-state index contributed by atoms with van der Waals surface area (Å²) in [5.41, 5.74) is 3.56. The molecular formula is C17H18N2O. The monoisotopic (exact) mass is 266 g/mol. The molecule has 0 saturated heterocycles. The summed E-state index contributed by atoms with van der Waals surface area (Å²) in [5.74, 6) is 1.61. The zero-order chi connectivity index (χ0) is 14.5. The number of benzene rings is 1. The van der Waals surface area contributed by atoms with E-state index < -0.39 is 0 Å². The van der Waals surface area contributed by atoms with E-state index in [1.165, 1.54) is 0 Å². The fourth-order valence-electron chi connectivity index (χ4n) is 2.23. The van der Waals surface area contributed by atoms with Crippen LogP contribution in [-0.2, 0) is 6.42 Å². The SMILES string of the molecule is CCCc1ncccc1Oc1c(C)cc(C#N)cc1C. The smallest absolute Gasteiger partial charge is 0.148 e. The van der Waals surface area contributed by atoms with Crippen LogP contribution in [0.2, 0.25) is 0 Å². The van der Waals surface area contributed by atoms with Crippen LogP contribution in [0, 0.1) is 25.2 Å². The van der Waals surface area contributed by atoms with E-state index in [2.05, 4.69) is 18.0 Å². The summed E-state index contributed by atoms with van der Waals surface area (Å²) >= 11 is 0. The molecule has 0 fully saturated rings. The van der Waals surface area contributed by atoms with Crippen molar-refractivity contribution >= 4 is 0 Å². The van der Waals surface area contributed by atoms with E-state index >= 15 is 0 Å². The minimum Gasteiger partial charge on any atom is -0.455 e. The van der Waals surface area contributed by atoms with Gasteiger partial charge in [0.25, 0.3) is 0 Å². The van der Waals surface area contributed by atoms with Crippen molar-refractivity contribution in [2.45, 2.75) is 33.6 Å². The molecular weight excluding hydrogens is 248 g/mol. The number of rotatable bonds is 4. The lowest BCUT2D eigenvalue weighted by Gasteiger charge is -2.14. The zero-order valence-electron chi connectivity index (χ0n) is 12.1. The summed E-state index contributed by atoms with van der Waals surface area (Å²) in [6.45, 7) is 6.04. The Labute approximate surface area is 119 Å². The first-order valence-corrected chi connectivity index (χ1v) is 6.78. The molecule has 0 bridgehead atoms. The molecule has 0 aliphatic heterocycles. The first kappa shape index (κ1) is 14.1. The third kappa shape index (κ3) is 2.97. The average molecular weight is 266 g/mol. The Morgan fingerprint density at radius 2 is 1.95 bits per heavy atom. The van der Waals surface area contributed by atoms with Gasteiger partial charge in [0.1, 0.15) is 11.5 Å². The number of aryl methyl sites for hydroxylation is 3. The molecule has 102 valence electrons. The molecule has 0 aliphatic carbocycles. The Bertz CT molecular complexity index is 633. The van der Waals surface area contributed by atoms with Crippen molar-refractivity contribution in [1.82, 2.24) is 4.98 Å². The van der Waals surface area contributed by atoms with E-state index in [0.717, 1.165) is 41.2 Å². The molecule has 1 heterocycles. The summed E-state index contributed by atoms with van der Waals surface area (Å²) < 4.78 is 6.05. The molecule has 2 aromatic rings. The number of pyridine rings is 1. The van der Waals surface area contributed by atoms with E-state index in [0.29, 0.717) is 5.56 Å². The van der Waals surface area contributed by atoms with E-state index in [9.17, 15) is 0 Å². The molecule has 20 heavy (non-hydrogen) atoms. The van der Waals surface area contributed by atoms with Gasteiger partial charge in [0.05, 0.1) is 17.3 Å². The highest BCUT2D eigenvalue weighted by molar-refractivity contribution is 5.49. The highest BCUT2D eigenvalue weighted by Gasteiger charge is 2.10. The predicted octanol–water partition coefficient (Wildman–Crippen LogP) is 4.31. The Kier molecular flexibility index (Phi) is 4.37. The summed E-state index contributed by atoms with van der Waals surface area (Å²) in [7, 11) is 0. The van der Waals surface area contributed by atoms with Gasteiger partial charge >= 0.3 is 0 Å². The van der Waals surface area contributed by atoms with E-state index in [1.54, 1.807) is 6.20 Å². The maximum absolute atomic E-state index is 8.98. The lowest BCUT2D eigenvalue weighted by molar-refractivity contribution is 0.464. The van der Waals surface area contributed by atoms with E-state index in [-0.39, 0.29) is 0 Å². The Morgan fingerprint density at radius 1 is 1.25 bits per heavy atom. The van der Waals surface area contributed by atoms with Gasteiger partial charge in [0.15, 0.2) is 0 Å². The summed E-state index contributed by atoms with van der Waals surface area (Å²) in [4.78, 5) is 4.38. The van der Waals surface area contributed by atoms with Crippen LogP contribution in [-0.4, -0.2) is 4.98 Å². The average Bonchev–Trinajstić information content (AvgIpc) is 2.44. The number of nitriles is 1. The van der Waals surface area contributed by atoms with Gasteiger partial charge in [0, 0.05) is 6.20 Å². The molecule has 0 amide bonds. The van der Waals surface area contributed by atoms with Gasteiger partial charge in [0.2, 0.25) is 0 Å². The van der Waals surface area contributed by atoms with Gasteiger partial charge in [-0.3, -0.25) is 4.98 Å². The largest absolute Gasteiger partial charge is 0.455 e. The molecule has 0 spiro atoms. The zero-order valence-corrected chi connectivity index (χ0v) is 12.1. The summed E-state index contributed by atoms with van der Waals surface area (Å²) in [6, 6.07) is 9.67. The van der Waals surface area contributed by atoms with Crippen LogP contribution >= 0.6 is 0 Å². The second-order valence-electron chi connectivity index (χ2n) is 4.85. The third-order valence-corrected chi connectivity index (χ3v) is 3.14. The Hall–Kier alpha value is -2.34. The fourth-order valence-corrected chi connectivity index (χ4v) is 2.23. The molecule has 1 aromatic heterocycles. The molecule has 2 rings (SSSR count). The van der Waals surface area contributed by atoms with Gasteiger partial charge in [-0.25, -0.2) is 0 Å². The second-order valence-corrected chi connectivity index (χ2v) is 4.85. The number of aromatic nitrogens is 1. The maximum Gasteiger partial charge on any atom is 0.148 e. The van der Waals surface area contributed by atoms with Crippen molar-refractivity contribution in [3.63, 3.8) is 0 Å². The van der Waals surface area contributed by atoms with Gasteiger partial charge in [-0.05, 0) is 55.7 Å². The van der Waals surface area contributed by atoms with E-state index in [1.807, 2.05) is 38.1 Å². The Morgan fingerprint density at radius 3 is 2.55 bits per heavy atom. The molecule has 0 saturated carbocycles. The lowest BCUT2D eigenvalue weighted by atomic mass is 10.1. The van der Waals surface area contributed by atoms with Crippen LogP contribution in [0.5, 0.6) is 11.5 Å². The van der Waals surface area contributed by atoms with Crippen LogP contribution in [0.1, 0.15) is 35.7 Å². The standard InChI is InChI=1S/C17H18N2O/c1-4-6-15-16(7-5-8-19-15)20-17-12(2)9-14(11-18)10-13(17)3/h5,7-10H,4,6H2,1-3H3. The van der Waals surface area contributed by atoms with Crippen molar-refractivity contribution < 1.29 is 4.74 Å².